The number of hydrogen-bond donors (Lipinski definition) is 0. The Balaban J connectivity index is 2.11. The SMILES string of the molecule is COc1c(F)c(F)c(-c2c3ccccc3c(-c3c(F)c(F)c(C(F)(F)F)c(F)c3F)c3c(F)ccc(F)c23)c(F)c1F. The Bertz CT molecular complexity index is 1900. The second-order valence-electron chi connectivity index (χ2n) is 8.74. The Labute approximate surface area is 225 Å². The van der Waals surface area contributed by atoms with E-state index >= 15 is 26.3 Å². The van der Waals surface area contributed by atoms with E-state index in [4.69, 9.17) is 0 Å². The molecule has 42 heavy (non-hydrogen) atoms. The summed E-state index contributed by atoms with van der Waals surface area (Å²) < 4.78 is 194. The van der Waals surface area contributed by atoms with E-state index < -0.39 is 119 Å². The molecule has 5 aromatic rings. The van der Waals surface area contributed by atoms with Crippen molar-refractivity contribution in [2.75, 3.05) is 7.11 Å². The average molecular weight is 608 g/mol. The van der Waals surface area contributed by atoms with Gasteiger partial charge in [0.25, 0.3) is 0 Å². The molecule has 0 aliphatic heterocycles. The van der Waals surface area contributed by atoms with Crippen molar-refractivity contribution >= 4 is 21.5 Å². The smallest absolute Gasteiger partial charge is 0.422 e. The van der Waals surface area contributed by atoms with Gasteiger partial charge in [0.15, 0.2) is 40.7 Å². The molecule has 0 fully saturated rings. The Morgan fingerprint density at radius 1 is 0.476 bits per heavy atom. The summed E-state index contributed by atoms with van der Waals surface area (Å²) in [5.74, 6) is -24.5. The van der Waals surface area contributed by atoms with E-state index in [2.05, 4.69) is 4.74 Å². The lowest BCUT2D eigenvalue weighted by atomic mass is 9.84. The lowest BCUT2D eigenvalue weighted by Crippen LogP contribution is -2.16. The summed E-state index contributed by atoms with van der Waals surface area (Å²) in [5, 5.41) is -4.08. The molecule has 1 nitrogen and oxygen atoms in total. The van der Waals surface area contributed by atoms with Crippen LogP contribution in [0.3, 0.4) is 0 Å². The number of fused-ring (bicyclic) bond motifs is 2. The van der Waals surface area contributed by atoms with Crippen LogP contribution in [0.4, 0.5) is 57.1 Å². The molecule has 0 N–H and O–H groups in total. The molecule has 0 bridgehead atoms. The monoisotopic (exact) mass is 608 g/mol. The normalized spacial score (nSPS) is 12.0. The molecular formula is C28H9F13O. The predicted molar refractivity (Wildman–Crippen MR) is 123 cm³/mol. The van der Waals surface area contributed by atoms with Gasteiger partial charge in [-0.05, 0) is 22.9 Å². The van der Waals surface area contributed by atoms with E-state index in [9.17, 15) is 30.7 Å². The van der Waals surface area contributed by atoms with Crippen LogP contribution in [-0.2, 0) is 6.18 Å². The fraction of sp³-hybridized carbons (Fsp3) is 0.0714. The molecule has 0 aliphatic rings. The van der Waals surface area contributed by atoms with Crippen molar-refractivity contribution in [3.05, 3.63) is 100 Å². The molecule has 0 heterocycles. The van der Waals surface area contributed by atoms with E-state index in [1.807, 2.05) is 0 Å². The lowest BCUT2D eigenvalue weighted by molar-refractivity contribution is -0.143. The van der Waals surface area contributed by atoms with Crippen molar-refractivity contribution in [3.63, 3.8) is 0 Å². The van der Waals surface area contributed by atoms with Crippen LogP contribution >= 0.6 is 0 Å². The summed E-state index contributed by atoms with van der Waals surface area (Å²) in [4.78, 5) is 0. The summed E-state index contributed by atoms with van der Waals surface area (Å²) in [6, 6.07) is 4.50. The summed E-state index contributed by atoms with van der Waals surface area (Å²) in [5.41, 5.74) is -8.88. The van der Waals surface area contributed by atoms with Gasteiger partial charge in [0.1, 0.15) is 17.2 Å². The van der Waals surface area contributed by atoms with Crippen LogP contribution in [0.1, 0.15) is 5.56 Å². The second kappa shape index (κ2) is 9.81. The van der Waals surface area contributed by atoms with Gasteiger partial charge in [0.05, 0.1) is 18.2 Å². The van der Waals surface area contributed by atoms with Gasteiger partial charge in [-0.2, -0.15) is 22.0 Å². The first-order valence-corrected chi connectivity index (χ1v) is 11.3. The minimum atomic E-state index is -5.93. The van der Waals surface area contributed by atoms with E-state index in [1.165, 1.54) is 0 Å². The number of benzene rings is 5. The van der Waals surface area contributed by atoms with Crippen molar-refractivity contribution in [2.45, 2.75) is 6.18 Å². The highest BCUT2D eigenvalue weighted by molar-refractivity contribution is 6.22. The molecule has 5 aromatic carbocycles. The van der Waals surface area contributed by atoms with Crippen LogP contribution in [-0.4, -0.2) is 7.11 Å². The Morgan fingerprint density at radius 3 is 1.17 bits per heavy atom. The zero-order valence-corrected chi connectivity index (χ0v) is 20.3. The second-order valence-corrected chi connectivity index (χ2v) is 8.74. The molecule has 0 radical (unpaired) electrons. The largest absolute Gasteiger partial charge is 0.491 e. The Morgan fingerprint density at radius 2 is 0.833 bits per heavy atom. The third-order valence-corrected chi connectivity index (χ3v) is 6.54. The van der Waals surface area contributed by atoms with Crippen LogP contribution in [0.5, 0.6) is 5.75 Å². The highest BCUT2D eigenvalue weighted by Gasteiger charge is 2.43. The van der Waals surface area contributed by atoms with Gasteiger partial charge in [-0.3, -0.25) is 0 Å². The molecule has 218 valence electrons. The van der Waals surface area contributed by atoms with Crippen molar-refractivity contribution < 1.29 is 61.8 Å². The summed E-state index contributed by atoms with van der Waals surface area (Å²) >= 11 is 0. The number of rotatable bonds is 3. The number of hydrogen-bond acceptors (Lipinski definition) is 1. The third kappa shape index (κ3) is 3.95. The molecule has 0 aromatic heterocycles. The summed E-state index contributed by atoms with van der Waals surface area (Å²) in [7, 11) is 0.667. The fourth-order valence-corrected chi connectivity index (χ4v) is 4.86. The molecule has 0 atom stereocenters. The Kier molecular flexibility index (Phi) is 6.78. The lowest BCUT2D eigenvalue weighted by Gasteiger charge is -2.21. The number of halogens is 13. The Hall–Kier alpha value is -4.49. The maximum Gasteiger partial charge on any atom is 0.422 e. The van der Waals surface area contributed by atoms with E-state index in [0.717, 1.165) is 24.3 Å². The highest BCUT2D eigenvalue weighted by atomic mass is 19.4. The van der Waals surface area contributed by atoms with Crippen LogP contribution in [0.2, 0.25) is 0 Å². The number of alkyl halides is 3. The van der Waals surface area contributed by atoms with E-state index in [-0.39, 0.29) is 0 Å². The first kappa shape index (κ1) is 29.0. The van der Waals surface area contributed by atoms with Gasteiger partial charge >= 0.3 is 6.18 Å². The zero-order chi connectivity index (χ0) is 31.0. The number of methoxy groups -OCH3 is 1. The molecule has 0 saturated heterocycles. The molecule has 5 rings (SSSR count). The van der Waals surface area contributed by atoms with Crippen molar-refractivity contribution in [2.24, 2.45) is 0 Å². The highest BCUT2D eigenvalue weighted by Crippen LogP contribution is 2.50. The first-order valence-electron chi connectivity index (χ1n) is 11.3. The molecule has 14 heteroatoms. The first-order chi connectivity index (χ1) is 19.6. The van der Waals surface area contributed by atoms with Crippen LogP contribution < -0.4 is 4.74 Å². The molecule has 0 spiro atoms. The molecule has 0 aliphatic carbocycles. The molecular weight excluding hydrogens is 599 g/mol. The third-order valence-electron chi connectivity index (χ3n) is 6.54. The predicted octanol–water partition coefficient (Wildman–Crippen LogP) is 9.75. The number of ether oxygens (including phenoxy) is 1. The van der Waals surface area contributed by atoms with Gasteiger partial charge in [-0.15, -0.1) is 0 Å². The van der Waals surface area contributed by atoms with Crippen LogP contribution in [0.25, 0.3) is 43.8 Å². The van der Waals surface area contributed by atoms with Gasteiger partial charge in [0, 0.05) is 21.9 Å². The van der Waals surface area contributed by atoms with Gasteiger partial charge in [-0.1, -0.05) is 24.3 Å². The van der Waals surface area contributed by atoms with Crippen LogP contribution in [0.15, 0.2) is 36.4 Å². The molecule has 0 amide bonds. The standard InChI is InChI=1S/C28H9F13O/c1-42-27-25(37)21(33)17(22(34)26(27)38)13-9-5-3-2-4-8(9)12(14-10(29)6-7-11(30)15(13)14)16-19(31)23(35)18(28(39,40)41)24(36)20(16)32/h2-7H,1H3. The van der Waals surface area contributed by atoms with Crippen molar-refractivity contribution in [3.8, 4) is 28.0 Å². The van der Waals surface area contributed by atoms with Gasteiger partial charge < -0.3 is 4.74 Å². The summed E-state index contributed by atoms with van der Waals surface area (Å²) in [6.45, 7) is 0. The fourth-order valence-electron chi connectivity index (χ4n) is 4.86. The molecule has 0 unspecified atom stereocenters. The maximum absolute atomic E-state index is 15.4. The zero-order valence-electron chi connectivity index (χ0n) is 20.3. The average Bonchev–Trinajstić information content (AvgIpc) is 2.93. The van der Waals surface area contributed by atoms with E-state index in [1.54, 1.807) is 0 Å². The minimum absolute atomic E-state index is 0.328. The van der Waals surface area contributed by atoms with E-state index in [0.29, 0.717) is 19.2 Å². The van der Waals surface area contributed by atoms with Gasteiger partial charge in [0.2, 0.25) is 11.6 Å². The van der Waals surface area contributed by atoms with Gasteiger partial charge in [-0.25, -0.2) is 35.1 Å². The molecule has 0 saturated carbocycles. The van der Waals surface area contributed by atoms with Crippen molar-refractivity contribution in [1.29, 1.82) is 0 Å². The van der Waals surface area contributed by atoms with Crippen molar-refractivity contribution in [1.82, 2.24) is 0 Å². The van der Waals surface area contributed by atoms with Crippen LogP contribution in [0, 0.1) is 58.2 Å². The minimum Gasteiger partial charge on any atom is -0.491 e. The topological polar surface area (TPSA) is 9.23 Å². The summed E-state index contributed by atoms with van der Waals surface area (Å²) in [6.07, 6.45) is -5.93. The quantitative estimate of drug-likeness (QED) is 0.113. The maximum atomic E-state index is 15.4.